The van der Waals surface area contributed by atoms with Crippen LogP contribution in [0.4, 0.5) is 0 Å². The van der Waals surface area contributed by atoms with Crippen LogP contribution in [0.15, 0.2) is 0 Å². The average Bonchev–Trinajstić information content (AvgIpc) is 2.94. The van der Waals surface area contributed by atoms with Gasteiger partial charge in [0.05, 0.1) is 6.04 Å². The summed E-state index contributed by atoms with van der Waals surface area (Å²) in [5.41, 5.74) is 1.83. The summed E-state index contributed by atoms with van der Waals surface area (Å²) in [7, 11) is 0. The van der Waals surface area contributed by atoms with Gasteiger partial charge >= 0.3 is 0 Å². The second kappa shape index (κ2) is 29.6. The molecule has 9 nitrogen and oxygen atoms in total. The molecule has 9 heteroatoms. The molecule has 1 amide bonds. The maximum absolute atomic E-state index is 13.5. The Hall–Kier alpha value is -1.90. The lowest BCUT2D eigenvalue weighted by Gasteiger charge is -2.31. The summed E-state index contributed by atoms with van der Waals surface area (Å²) in [4.78, 5) is 26.4. The van der Waals surface area contributed by atoms with Crippen molar-refractivity contribution < 1.29 is 9.83 Å². The standard InChI is InChI=1S/C32H66N6O3/c1-4-7-10-13-14-15-16-17-18-21-26-34-31(39)30(25-24-27-35-32(33)36-38(40)41)37(28-22-19-11-8-5-2)29-23-20-12-9-6-3/h30H,4-29H2,1-3H3,(H,34,39)(H3,33,35,36)/t30-/m0/s1. The second-order valence-electron chi connectivity index (χ2n) is 11.7. The minimum absolute atomic E-state index is 0.113. The van der Waals surface area contributed by atoms with Crippen molar-refractivity contribution >= 4 is 11.9 Å². The zero-order chi connectivity index (χ0) is 30.4. The van der Waals surface area contributed by atoms with Crippen LogP contribution in [0.25, 0.3) is 0 Å². The van der Waals surface area contributed by atoms with Gasteiger partial charge < -0.3 is 10.6 Å². The zero-order valence-electron chi connectivity index (χ0n) is 27.1. The number of nitrogens with zero attached hydrogens (tertiary/aromatic N) is 2. The van der Waals surface area contributed by atoms with E-state index in [0.717, 1.165) is 45.3 Å². The topological polar surface area (TPSA) is 123 Å². The summed E-state index contributed by atoms with van der Waals surface area (Å²) in [6, 6.07) is -0.199. The highest BCUT2D eigenvalue weighted by Gasteiger charge is 2.25. The number of nitrogens with one attached hydrogen (secondary N) is 4. The first kappa shape index (κ1) is 39.1. The van der Waals surface area contributed by atoms with E-state index in [1.807, 2.05) is 5.43 Å². The van der Waals surface area contributed by atoms with Gasteiger partial charge in [0.15, 0.2) is 5.03 Å². The largest absolute Gasteiger partial charge is 0.355 e. The van der Waals surface area contributed by atoms with Crippen molar-refractivity contribution in [2.24, 2.45) is 0 Å². The van der Waals surface area contributed by atoms with E-state index in [9.17, 15) is 14.9 Å². The Morgan fingerprint density at radius 1 is 0.659 bits per heavy atom. The van der Waals surface area contributed by atoms with Crippen molar-refractivity contribution in [1.29, 1.82) is 5.41 Å². The Labute approximate surface area is 252 Å². The monoisotopic (exact) mass is 583 g/mol. The zero-order valence-corrected chi connectivity index (χ0v) is 27.1. The van der Waals surface area contributed by atoms with E-state index < -0.39 is 5.03 Å². The van der Waals surface area contributed by atoms with Crippen LogP contribution in [0.3, 0.4) is 0 Å². The molecular weight excluding hydrogens is 516 g/mol. The third kappa shape index (κ3) is 25.5. The number of carbonyl (C=O) groups excluding carboxylic acids is 1. The fraction of sp³-hybridized carbons (Fsp3) is 0.938. The maximum Gasteiger partial charge on any atom is 0.251 e. The quantitative estimate of drug-likeness (QED) is 0.0226. The van der Waals surface area contributed by atoms with E-state index in [2.05, 4.69) is 36.3 Å². The number of rotatable bonds is 30. The number of hydrogen-bond donors (Lipinski definition) is 4. The Morgan fingerprint density at radius 3 is 1.54 bits per heavy atom. The molecule has 0 aromatic rings. The van der Waals surface area contributed by atoms with Crippen LogP contribution in [0.5, 0.6) is 0 Å². The van der Waals surface area contributed by atoms with Gasteiger partial charge in [-0.2, -0.15) is 0 Å². The molecule has 0 spiro atoms. The third-order valence-electron chi connectivity index (χ3n) is 7.83. The van der Waals surface area contributed by atoms with E-state index in [1.165, 1.54) is 103 Å². The van der Waals surface area contributed by atoms with Crippen molar-refractivity contribution in [3.8, 4) is 0 Å². The predicted octanol–water partition coefficient (Wildman–Crippen LogP) is 7.72. The van der Waals surface area contributed by atoms with E-state index in [0.29, 0.717) is 19.4 Å². The van der Waals surface area contributed by atoms with Crippen molar-refractivity contribution in [3.05, 3.63) is 10.1 Å². The summed E-state index contributed by atoms with van der Waals surface area (Å²) in [6.07, 6.45) is 26.2. The Morgan fingerprint density at radius 2 is 1.07 bits per heavy atom. The molecule has 1 atom stereocenters. The maximum atomic E-state index is 13.5. The molecule has 0 saturated heterocycles. The lowest BCUT2D eigenvalue weighted by atomic mass is 10.0. The summed E-state index contributed by atoms with van der Waals surface area (Å²) in [5, 5.41) is 23.4. The molecule has 242 valence electrons. The molecular formula is C32H66N6O3. The van der Waals surface area contributed by atoms with Crippen LogP contribution in [0.1, 0.15) is 162 Å². The molecule has 0 aromatic heterocycles. The number of guanidine groups is 1. The fourth-order valence-corrected chi connectivity index (χ4v) is 5.32. The van der Waals surface area contributed by atoms with Crippen LogP contribution < -0.4 is 16.1 Å². The number of amides is 1. The predicted molar refractivity (Wildman–Crippen MR) is 173 cm³/mol. The first-order chi connectivity index (χ1) is 20.0. The molecule has 4 N–H and O–H groups in total. The van der Waals surface area contributed by atoms with Crippen LogP contribution in [-0.2, 0) is 4.79 Å². The molecule has 41 heavy (non-hydrogen) atoms. The normalized spacial score (nSPS) is 11.9. The molecule has 0 saturated carbocycles. The summed E-state index contributed by atoms with van der Waals surface area (Å²) >= 11 is 0. The Balaban J connectivity index is 4.86. The lowest BCUT2D eigenvalue weighted by Crippen LogP contribution is -2.48. The number of carbonyl (C=O) groups is 1. The van der Waals surface area contributed by atoms with Gasteiger partial charge in [0.2, 0.25) is 5.91 Å². The summed E-state index contributed by atoms with van der Waals surface area (Å²) in [6.45, 7) is 9.72. The van der Waals surface area contributed by atoms with E-state index in [-0.39, 0.29) is 17.9 Å². The van der Waals surface area contributed by atoms with Crippen molar-refractivity contribution in [2.75, 3.05) is 26.2 Å². The SMILES string of the molecule is CCCCCCCCCCCCNC(=O)[C@H](CCCNC(=N)N[N+](=O)[O-])N(CCCCCCC)CCCCCCC. The minimum atomic E-state index is -0.738. The smallest absolute Gasteiger partial charge is 0.251 e. The van der Waals surface area contributed by atoms with Gasteiger partial charge in [-0.05, 0) is 45.2 Å². The lowest BCUT2D eigenvalue weighted by molar-refractivity contribution is -0.525. The number of nitro groups is 1. The van der Waals surface area contributed by atoms with Gasteiger partial charge in [-0.1, -0.05) is 135 Å². The van der Waals surface area contributed by atoms with Gasteiger partial charge in [-0.25, -0.2) is 10.1 Å². The first-order valence-electron chi connectivity index (χ1n) is 17.2. The van der Waals surface area contributed by atoms with E-state index in [4.69, 9.17) is 5.41 Å². The number of hydrazine groups is 1. The number of unbranched alkanes of at least 4 members (excludes halogenated alkanes) is 17. The fourth-order valence-electron chi connectivity index (χ4n) is 5.32. The highest BCUT2D eigenvalue weighted by Crippen LogP contribution is 2.15. The minimum Gasteiger partial charge on any atom is -0.355 e. The molecule has 0 radical (unpaired) electrons. The van der Waals surface area contributed by atoms with Crippen LogP contribution >= 0.6 is 0 Å². The molecule has 0 fully saturated rings. The summed E-state index contributed by atoms with van der Waals surface area (Å²) in [5.74, 6) is -0.206. The second-order valence-corrected chi connectivity index (χ2v) is 11.7. The van der Waals surface area contributed by atoms with Crippen LogP contribution in [0.2, 0.25) is 0 Å². The van der Waals surface area contributed by atoms with E-state index >= 15 is 0 Å². The van der Waals surface area contributed by atoms with Crippen molar-refractivity contribution in [2.45, 2.75) is 168 Å². The third-order valence-corrected chi connectivity index (χ3v) is 7.83. The van der Waals surface area contributed by atoms with Gasteiger partial charge in [-0.3, -0.25) is 15.1 Å². The molecule has 0 heterocycles. The number of hydrogen-bond acceptors (Lipinski definition) is 5. The van der Waals surface area contributed by atoms with Gasteiger partial charge in [-0.15, -0.1) is 0 Å². The molecule has 0 aliphatic rings. The molecule has 0 aromatic carbocycles. The average molecular weight is 583 g/mol. The highest BCUT2D eigenvalue weighted by molar-refractivity contribution is 5.81. The van der Waals surface area contributed by atoms with Crippen LogP contribution in [-0.4, -0.2) is 54.0 Å². The molecule has 0 rings (SSSR count). The Kier molecular flexibility index (Phi) is 28.2. The van der Waals surface area contributed by atoms with Gasteiger partial charge in [0.1, 0.15) is 0 Å². The molecule has 0 aliphatic heterocycles. The van der Waals surface area contributed by atoms with Gasteiger partial charge in [0.25, 0.3) is 5.96 Å². The van der Waals surface area contributed by atoms with E-state index in [1.54, 1.807) is 0 Å². The molecule has 0 unspecified atom stereocenters. The van der Waals surface area contributed by atoms with Crippen LogP contribution in [0, 0.1) is 15.5 Å². The first-order valence-corrected chi connectivity index (χ1v) is 17.2. The molecule has 0 bridgehead atoms. The molecule has 0 aliphatic carbocycles. The van der Waals surface area contributed by atoms with Gasteiger partial charge in [0, 0.05) is 13.1 Å². The van der Waals surface area contributed by atoms with Crippen molar-refractivity contribution in [3.63, 3.8) is 0 Å². The van der Waals surface area contributed by atoms with Crippen molar-refractivity contribution in [1.82, 2.24) is 21.0 Å². The summed E-state index contributed by atoms with van der Waals surface area (Å²) < 4.78 is 0. The Bertz CT molecular complexity index is 621. The highest BCUT2D eigenvalue weighted by atomic mass is 16.7.